The van der Waals surface area contributed by atoms with Gasteiger partial charge < -0.3 is 10.1 Å². The highest BCUT2D eigenvalue weighted by molar-refractivity contribution is 9.10. The molecule has 1 aromatic rings. The van der Waals surface area contributed by atoms with Crippen molar-refractivity contribution in [3.63, 3.8) is 0 Å². The van der Waals surface area contributed by atoms with Crippen molar-refractivity contribution in [1.29, 1.82) is 0 Å². The van der Waals surface area contributed by atoms with Gasteiger partial charge in [-0.2, -0.15) is 0 Å². The summed E-state index contributed by atoms with van der Waals surface area (Å²) in [6.07, 6.45) is 0. The van der Waals surface area contributed by atoms with E-state index >= 15 is 0 Å². The first kappa shape index (κ1) is 14.6. The number of ether oxygens (including phenoxy) is 1. The highest BCUT2D eigenvalue weighted by Gasteiger charge is 2.24. The lowest BCUT2D eigenvalue weighted by atomic mass is 10.1. The molecule has 0 aromatic heterocycles. The van der Waals surface area contributed by atoms with Gasteiger partial charge in [-0.1, -0.05) is 15.9 Å². The van der Waals surface area contributed by atoms with E-state index in [1.165, 1.54) is 12.1 Å². The van der Waals surface area contributed by atoms with Crippen LogP contribution >= 0.6 is 15.9 Å². The molecule has 0 aliphatic rings. The number of methoxy groups -OCH3 is 1. The summed E-state index contributed by atoms with van der Waals surface area (Å²) in [4.78, 5) is 23.0. The van der Waals surface area contributed by atoms with E-state index in [0.29, 0.717) is 5.69 Å². The van der Waals surface area contributed by atoms with Crippen molar-refractivity contribution < 1.29 is 18.7 Å². The molecular formula is C12H13BrFNO3. The molecule has 0 atom stereocenters. The summed E-state index contributed by atoms with van der Waals surface area (Å²) < 4.78 is 17.0. The van der Waals surface area contributed by atoms with Gasteiger partial charge in [0.15, 0.2) is 0 Å². The standard InChI is InChI=1S/C12H13BrFNO3/c1-12(2,13)11(17)15-7-4-5-9(14)8(6-7)10(16)18-3/h4-6H,1-3H3,(H,15,17). The van der Waals surface area contributed by atoms with Crippen LogP contribution in [0.4, 0.5) is 10.1 Å². The predicted molar refractivity (Wildman–Crippen MR) is 69.4 cm³/mol. The topological polar surface area (TPSA) is 55.4 Å². The van der Waals surface area contributed by atoms with Crippen molar-refractivity contribution in [2.45, 2.75) is 18.2 Å². The molecule has 1 N–H and O–H groups in total. The molecule has 0 radical (unpaired) electrons. The smallest absolute Gasteiger partial charge is 0.340 e. The SMILES string of the molecule is COC(=O)c1cc(NC(=O)C(C)(C)Br)ccc1F. The van der Waals surface area contributed by atoms with Crippen molar-refractivity contribution in [3.8, 4) is 0 Å². The Hall–Kier alpha value is -1.43. The van der Waals surface area contributed by atoms with Gasteiger partial charge in [-0.25, -0.2) is 9.18 Å². The fourth-order valence-corrected chi connectivity index (χ4v) is 1.25. The molecule has 6 heteroatoms. The van der Waals surface area contributed by atoms with Gasteiger partial charge in [-0.05, 0) is 32.0 Å². The van der Waals surface area contributed by atoms with Crippen LogP contribution in [0.2, 0.25) is 0 Å². The number of rotatable bonds is 3. The van der Waals surface area contributed by atoms with E-state index in [2.05, 4.69) is 26.0 Å². The van der Waals surface area contributed by atoms with Gasteiger partial charge in [-0.3, -0.25) is 4.79 Å². The molecule has 98 valence electrons. The number of nitrogens with one attached hydrogen (secondary N) is 1. The summed E-state index contributed by atoms with van der Waals surface area (Å²) in [5.74, 6) is -1.79. The Morgan fingerprint density at radius 2 is 2.00 bits per heavy atom. The van der Waals surface area contributed by atoms with Crippen molar-refractivity contribution >= 4 is 33.5 Å². The lowest BCUT2D eigenvalue weighted by Gasteiger charge is -2.16. The largest absolute Gasteiger partial charge is 0.465 e. The molecule has 1 aromatic carbocycles. The number of halogens is 2. The Morgan fingerprint density at radius 1 is 1.39 bits per heavy atom. The van der Waals surface area contributed by atoms with E-state index in [0.717, 1.165) is 13.2 Å². The maximum absolute atomic E-state index is 13.4. The first-order valence-corrected chi connectivity index (χ1v) is 5.93. The van der Waals surface area contributed by atoms with Gasteiger partial charge >= 0.3 is 5.97 Å². The van der Waals surface area contributed by atoms with Crippen LogP contribution in [0.3, 0.4) is 0 Å². The predicted octanol–water partition coefficient (Wildman–Crippen LogP) is 2.72. The van der Waals surface area contributed by atoms with Crippen molar-refractivity contribution in [2.75, 3.05) is 12.4 Å². The molecule has 0 aliphatic heterocycles. The number of hydrogen-bond donors (Lipinski definition) is 1. The minimum atomic E-state index is -0.790. The van der Waals surface area contributed by atoms with E-state index in [1.807, 2.05) is 0 Å². The number of hydrogen-bond acceptors (Lipinski definition) is 3. The summed E-state index contributed by atoms with van der Waals surface area (Å²) in [5.41, 5.74) is 0.108. The van der Waals surface area contributed by atoms with Crippen LogP contribution in [0.25, 0.3) is 0 Å². The second-order valence-corrected chi connectivity index (χ2v) is 6.10. The quantitative estimate of drug-likeness (QED) is 0.689. The lowest BCUT2D eigenvalue weighted by molar-refractivity contribution is -0.117. The highest BCUT2D eigenvalue weighted by atomic mass is 79.9. The normalized spacial score (nSPS) is 10.9. The molecule has 1 rings (SSSR count). The average Bonchev–Trinajstić information content (AvgIpc) is 2.29. The molecule has 0 heterocycles. The van der Waals surface area contributed by atoms with Crippen LogP contribution in [0.5, 0.6) is 0 Å². The Kier molecular flexibility index (Phi) is 4.45. The average molecular weight is 318 g/mol. The molecule has 4 nitrogen and oxygen atoms in total. The van der Waals surface area contributed by atoms with Gasteiger partial charge in [0.05, 0.1) is 17.0 Å². The molecule has 0 saturated heterocycles. The van der Waals surface area contributed by atoms with Gasteiger partial charge in [0, 0.05) is 5.69 Å². The Labute approximate surface area is 113 Å². The first-order chi connectivity index (χ1) is 8.25. The lowest BCUT2D eigenvalue weighted by Crippen LogP contribution is -2.31. The first-order valence-electron chi connectivity index (χ1n) is 5.14. The molecule has 0 bridgehead atoms. The van der Waals surface area contributed by atoms with Gasteiger partial charge in [0.25, 0.3) is 0 Å². The summed E-state index contributed by atoms with van der Waals surface area (Å²) >= 11 is 3.20. The molecule has 0 unspecified atom stereocenters. The zero-order valence-corrected chi connectivity index (χ0v) is 11.8. The van der Waals surface area contributed by atoms with Crippen LogP contribution in [0.15, 0.2) is 18.2 Å². The third-order valence-corrected chi connectivity index (χ3v) is 2.53. The second-order valence-electron chi connectivity index (χ2n) is 4.11. The summed E-state index contributed by atoms with van der Waals surface area (Å²) in [6.45, 7) is 3.35. The van der Waals surface area contributed by atoms with E-state index in [9.17, 15) is 14.0 Å². The molecular weight excluding hydrogens is 305 g/mol. The minimum Gasteiger partial charge on any atom is -0.465 e. The molecule has 0 spiro atoms. The number of anilines is 1. The number of carbonyl (C=O) groups is 2. The number of benzene rings is 1. The van der Waals surface area contributed by atoms with Crippen LogP contribution in [-0.2, 0) is 9.53 Å². The molecule has 1 amide bonds. The maximum Gasteiger partial charge on any atom is 0.340 e. The van der Waals surface area contributed by atoms with Crippen molar-refractivity contribution in [3.05, 3.63) is 29.6 Å². The highest BCUT2D eigenvalue weighted by Crippen LogP contribution is 2.21. The Balaban J connectivity index is 2.99. The second kappa shape index (κ2) is 5.48. The van der Waals surface area contributed by atoms with E-state index in [-0.39, 0.29) is 11.5 Å². The van der Waals surface area contributed by atoms with Gasteiger partial charge in [0.2, 0.25) is 5.91 Å². The molecule has 18 heavy (non-hydrogen) atoms. The summed E-state index contributed by atoms with van der Waals surface area (Å²) in [7, 11) is 1.16. The number of amides is 1. The minimum absolute atomic E-state index is 0.220. The number of carbonyl (C=O) groups excluding carboxylic acids is 2. The Morgan fingerprint density at radius 3 is 2.50 bits per heavy atom. The number of esters is 1. The third-order valence-electron chi connectivity index (χ3n) is 2.17. The third kappa shape index (κ3) is 3.53. The van der Waals surface area contributed by atoms with Crippen LogP contribution in [-0.4, -0.2) is 23.3 Å². The zero-order valence-electron chi connectivity index (χ0n) is 10.2. The summed E-state index contributed by atoms with van der Waals surface area (Å²) in [5, 5.41) is 2.57. The van der Waals surface area contributed by atoms with Crippen LogP contribution in [0.1, 0.15) is 24.2 Å². The molecule has 0 aliphatic carbocycles. The fourth-order valence-electron chi connectivity index (χ4n) is 1.15. The molecule has 0 fully saturated rings. The zero-order chi connectivity index (χ0) is 13.9. The summed E-state index contributed by atoms with van der Waals surface area (Å²) in [6, 6.07) is 3.71. The van der Waals surface area contributed by atoms with Crippen molar-refractivity contribution in [2.24, 2.45) is 0 Å². The maximum atomic E-state index is 13.4. The fraction of sp³-hybridized carbons (Fsp3) is 0.333. The van der Waals surface area contributed by atoms with Crippen molar-refractivity contribution in [1.82, 2.24) is 0 Å². The van der Waals surface area contributed by atoms with Crippen LogP contribution in [0, 0.1) is 5.82 Å². The van der Waals surface area contributed by atoms with E-state index in [1.54, 1.807) is 13.8 Å². The Bertz CT molecular complexity index is 483. The van der Waals surface area contributed by atoms with Gasteiger partial charge in [0.1, 0.15) is 5.82 Å². The van der Waals surface area contributed by atoms with Crippen LogP contribution < -0.4 is 5.32 Å². The van der Waals surface area contributed by atoms with E-state index < -0.39 is 16.1 Å². The number of alkyl halides is 1. The van der Waals surface area contributed by atoms with Gasteiger partial charge in [-0.15, -0.1) is 0 Å². The van der Waals surface area contributed by atoms with E-state index in [4.69, 9.17) is 0 Å². The monoisotopic (exact) mass is 317 g/mol. The molecule has 0 saturated carbocycles.